The first-order chi connectivity index (χ1) is 9.74. The molecular weight excluding hydrogens is 256 g/mol. The van der Waals surface area contributed by atoms with Crippen LogP contribution in [0.4, 0.5) is 8.78 Å². The zero-order chi connectivity index (χ0) is 13.9. The standard InChI is InChI=1S/C17H11F2N/c18-15-5-3-6-16(19)14(15)11-10-13-9-8-12-4-1-2-7-17(12)20-13/h1-11H/b11-10+. The van der Waals surface area contributed by atoms with Gasteiger partial charge < -0.3 is 0 Å². The van der Waals surface area contributed by atoms with Crippen molar-refractivity contribution in [1.29, 1.82) is 0 Å². The summed E-state index contributed by atoms with van der Waals surface area (Å²) in [7, 11) is 0. The molecule has 98 valence electrons. The minimum atomic E-state index is -0.581. The number of pyridine rings is 1. The first-order valence-electron chi connectivity index (χ1n) is 6.22. The van der Waals surface area contributed by atoms with Gasteiger partial charge in [-0.25, -0.2) is 13.8 Å². The smallest absolute Gasteiger partial charge is 0.133 e. The Morgan fingerprint density at radius 3 is 2.30 bits per heavy atom. The monoisotopic (exact) mass is 267 g/mol. The fourth-order valence-electron chi connectivity index (χ4n) is 2.01. The molecule has 0 aliphatic carbocycles. The van der Waals surface area contributed by atoms with Gasteiger partial charge in [-0.15, -0.1) is 0 Å². The number of aromatic nitrogens is 1. The lowest BCUT2D eigenvalue weighted by Crippen LogP contribution is -1.88. The van der Waals surface area contributed by atoms with Crippen molar-refractivity contribution in [3.8, 4) is 0 Å². The van der Waals surface area contributed by atoms with E-state index in [0.717, 1.165) is 10.9 Å². The van der Waals surface area contributed by atoms with Crippen LogP contribution in [-0.4, -0.2) is 4.98 Å². The van der Waals surface area contributed by atoms with Gasteiger partial charge >= 0.3 is 0 Å². The van der Waals surface area contributed by atoms with Crippen LogP contribution in [0.5, 0.6) is 0 Å². The highest BCUT2D eigenvalue weighted by Gasteiger charge is 2.04. The van der Waals surface area contributed by atoms with E-state index in [0.29, 0.717) is 5.69 Å². The second kappa shape index (κ2) is 5.21. The van der Waals surface area contributed by atoms with Gasteiger partial charge in [0.1, 0.15) is 11.6 Å². The Bertz CT molecular complexity index is 774. The summed E-state index contributed by atoms with van der Waals surface area (Å²) >= 11 is 0. The molecule has 0 saturated heterocycles. The highest BCUT2D eigenvalue weighted by Crippen LogP contribution is 2.17. The Morgan fingerprint density at radius 1 is 0.750 bits per heavy atom. The number of hydrogen-bond donors (Lipinski definition) is 0. The molecule has 0 unspecified atom stereocenters. The maximum Gasteiger partial charge on any atom is 0.133 e. The van der Waals surface area contributed by atoms with Crippen LogP contribution in [0, 0.1) is 11.6 Å². The summed E-state index contributed by atoms with van der Waals surface area (Å²) in [4.78, 5) is 4.42. The van der Waals surface area contributed by atoms with Crippen molar-refractivity contribution >= 4 is 23.1 Å². The van der Waals surface area contributed by atoms with Crippen molar-refractivity contribution in [3.05, 3.63) is 77.5 Å². The highest BCUT2D eigenvalue weighted by molar-refractivity contribution is 5.80. The molecule has 0 aliphatic heterocycles. The fraction of sp³-hybridized carbons (Fsp3) is 0. The van der Waals surface area contributed by atoms with Gasteiger partial charge in [0, 0.05) is 10.9 Å². The number of fused-ring (bicyclic) bond motifs is 1. The van der Waals surface area contributed by atoms with Gasteiger partial charge in [0.05, 0.1) is 11.2 Å². The molecule has 3 heteroatoms. The lowest BCUT2D eigenvalue weighted by atomic mass is 10.1. The van der Waals surface area contributed by atoms with E-state index in [4.69, 9.17) is 0 Å². The van der Waals surface area contributed by atoms with Crippen molar-refractivity contribution < 1.29 is 8.78 Å². The van der Waals surface area contributed by atoms with Crippen LogP contribution in [0.25, 0.3) is 23.1 Å². The van der Waals surface area contributed by atoms with Gasteiger partial charge in [-0.1, -0.05) is 30.3 Å². The normalized spacial score (nSPS) is 11.3. The molecule has 0 N–H and O–H groups in total. The fourth-order valence-corrected chi connectivity index (χ4v) is 2.01. The Hall–Kier alpha value is -2.55. The molecule has 0 atom stereocenters. The van der Waals surface area contributed by atoms with Crippen LogP contribution in [-0.2, 0) is 0 Å². The molecule has 0 fully saturated rings. The quantitative estimate of drug-likeness (QED) is 0.656. The number of halogens is 2. The third kappa shape index (κ3) is 2.43. The van der Waals surface area contributed by atoms with Crippen molar-refractivity contribution in [3.63, 3.8) is 0 Å². The predicted octanol–water partition coefficient (Wildman–Crippen LogP) is 4.68. The number of hydrogen-bond acceptors (Lipinski definition) is 1. The second-order valence-electron chi connectivity index (χ2n) is 4.40. The first kappa shape index (κ1) is 12.5. The van der Waals surface area contributed by atoms with Gasteiger partial charge in [0.2, 0.25) is 0 Å². The third-order valence-electron chi connectivity index (χ3n) is 3.04. The zero-order valence-corrected chi connectivity index (χ0v) is 10.6. The SMILES string of the molecule is Fc1cccc(F)c1/C=C/c1ccc2ccccc2n1. The van der Waals surface area contributed by atoms with E-state index in [-0.39, 0.29) is 5.56 Å². The summed E-state index contributed by atoms with van der Waals surface area (Å²) in [5.74, 6) is -1.16. The number of benzene rings is 2. The summed E-state index contributed by atoms with van der Waals surface area (Å²) in [6.07, 6.45) is 3.01. The lowest BCUT2D eigenvalue weighted by molar-refractivity contribution is 0.579. The third-order valence-corrected chi connectivity index (χ3v) is 3.04. The van der Waals surface area contributed by atoms with E-state index in [1.54, 1.807) is 6.08 Å². The average Bonchev–Trinajstić information content (AvgIpc) is 2.46. The van der Waals surface area contributed by atoms with E-state index in [1.807, 2.05) is 36.4 Å². The van der Waals surface area contributed by atoms with Gasteiger partial charge in [-0.05, 0) is 36.4 Å². The maximum absolute atomic E-state index is 13.5. The average molecular weight is 267 g/mol. The predicted molar refractivity (Wildman–Crippen MR) is 77.0 cm³/mol. The molecule has 0 bridgehead atoms. The largest absolute Gasteiger partial charge is 0.248 e. The molecule has 1 aromatic heterocycles. The summed E-state index contributed by atoms with van der Waals surface area (Å²) in [5.41, 5.74) is 1.46. The van der Waals surface area contributed by atoms with Crippen molar-refractivity contribution in [2.45, 2.75) is 0 Å². The van der Waals surface area contributed by atoms with E-state index in [1.165, 1.54) is 24.3 Å². The highest BCUT2D eigenvalue weighted by atomic mass is 19.1. The van der Waals surface area contributed by atoms with Gasteiger partial charge in [0.25, 0.3) is 0 Å². The second-order valence-corrected chi connectivity index (χ2v) is 4.40. The van der Waals surface area contributed by atoms with Crippen molar-refractivity contribution in [2.24, 2.45) is 0 Å². The lowest BCUT2D eigenvalue weighted by Gasteiger charge is -2.00. The Morgan fingerprint density at radius 2 is 1.50 bits per heavy atom. The van der Waals surface area contributed by atoms with Gasteiger partial charge in [-0.3, -0.25) is 0 Å². The topological polar surface area (TPSA) is 12.9 Å². The van der Waals surface area contributed by atoms with E-state index < -0.39 is 11.6 Å². The zero-order valence-electron chi connectivity index (χ0n) is 10.6. The van der Waals surface area contributed by atoms with Gasteiger partial charge in [-0.2, -0.15) is 0 Å². The molecule has 20 heavy (non-hydrogen) atoms. The summed E-state index contributed by atoms with van der Waals surface area (Å²) in [6.45, 7) is 0. The van der Waals surface area contributed by atoms with Crippen molar-refractivity contribution in [2.75, 3.05) is 0 Å². The minimum absolute atomic E-state index is 0.0533. The van der Waals surface area contributed by atoms with Crippen LogP contribution < -0.4 is 0 Å². The summed E-state index contributed by atoms with van der Waals surface area (Å²) < 4.78 is 27.0. The number of nitrogens with zero attached hydrogens (tertiary/aromatic N) is 1. The summed E-state index contributed by atoms with van der Waals surface area (Å²) in [5, 5.41) is 1.03. The van der Waals surface area contributed by atoms with Crippen molar-refractivity contribution in [1.82, 2.24) is 4.98 Å². The molecule has 1 heterocycles. The van der Waals surface area contributed by atoms with E-state index >= 15 is 0 Å². The Balaban J connectivity index is 1.98. The minimum Gasteiger partial charge on any atom is -0.248 e. The van der Waals surface area contributed by atoms with E-state index in [2.05, 4.69) is 4.98 Å². The van der Waals surface area contributed by atoms with Crippen LogP contribution in [0.3, 0.4) is 0 Å². The Kier molecular flexibility index (Phi) is 3.25. The molecule has 3 aromatic rings. The number of rotatable bonds is 2. The Labute approximate surface area is 115 Å². The summed E-state index contributed by atoms with van der Waals surface area (Å²) in [6, 6.07) is 15.3. The van der Waals surface area contributed by atoms with E-state index in [9.17, 15) is 8.78 Å². The van der Waals surface area contributed by atoms with Gasteiger partial charge in [0.15, 0.2) is 0 Å². The molecule has 0 spiro atoms. The molecular formula is C17H11F2N. The van der Waals surface area contributed by atoms with Crippen LogP contribution in [0.15, 0.2) is 54.6 Å². The van der Waals surface area contributed by atoms with Crippen LogP contribution >= 0.6 is 0 Å². The number of para-hydroxylation sites is 1. The maximum atomic E-state index is 13.5. The molecule has 0 saturated carbocycles. The molecule has 2 aromatic carbocycles. The first-order valence-corrected chi connectivity index (χ1v) is 6.22. The van der Waals surface area contributed by atoms with Crippen LogP contribution in [0.2, 0.25) is 0 Å². The molecule has 0 aliphatic rings. The molecule has 0 radical (unpaired) electrons. The molecule has 0 amide bonds. The molecule has 3 rings (SSSR count). The molecule has 1 nitrogen and oxygen atoms in total. The van der Waals surface area contributed by atoms with Crippen LogP contribution in [0.1, 0.15) is 11.3 Å².